The van der Waals surface area contributed by atoms with Crippen LogP contribution in [0.3, 0.4) is 0 Å². The molecule has 0 unspecified atom stereocenters. The first-order chi connectivity index (χ1) is 5.25. The Morgan fingerprint density at radius 1 is 1.42 bits per heavy atom. The molecular weight excluding hydrogens is 168 g/mol. The summed E-state index contributed by atoms with van der Waals surface area (Å²) in [4.78, 5) is 4.32. The van der Waals surface area contributed by atoms with Gasteiger partial charge in [0.25, 0.3) is 0 Å². The monoisotopic (exact) mass is 180 g/mol. The molecule has 0 bridgehead atoms. The van der Waals surface area contributed by atoms with Gasteiger partial charge in [-0.05, 0) is 25.1 Å². The summed E-state index contributed by atoms with van der Waals surface area (Å²) in [5.74, 6) is 0. The summed E-state index contributed by atoms with van der Waals surface area (Å²) in [6.07, 6.45) is 0. The van der Waals surface area contributed by atoms with Crippen LogP contribution in [0.1, 0.15) is 12.4 Å². The van der Waals surface area contributed by atoms with Crippen LogP contribution in [-0.4, -0.2) is 4.98 Å². The van der Waals surface area contributed by atoms with Crippen molar-refractivity contribution >= 4 is 27.2 Å². The van der Waals surface area contributed by atoms with E-state index in [1.54, 1.807) is 11.3 Å². The summed E-state index contributed by atoms with van der Waals surface area (Å²) >= 11 is 1.68. The van der Waals surface area contributed by atoms with Crippen molar-refractivity contribution in [2.75, 3.05) is 5.73 Å². The third-order valence-electron chi connectivity index (χ3n) is 1.52. The number of thiazole rings is 1. The number of nitrogens with zero attached hydrogens (tertiary/aromatic N) is 1. The molecule has 0 aliphatic heterocycles. The molecule has 0 fully saturated rings. The predicted octanol–water partition coefficient (Wildman–Crippen LogP) is 2.82. The zero-order valence-corrected chi connectivity index (χ0v) is 6.98. The summed E-state index contributed by atoms with van der Waals surface area (Å²) in [6, 6.07) is 5.79. The third-order valence-corrected chi connectivity index (χ3v) is 2.45. The van der Waals surface area contributed by atoms with Crippen LogP contribution < -0.4 is 5.73 Å². The van der Waals surface area contributed by atoms with E-state index in [1.807, 2.05) is 25.1 Å². The fourth-order valence-corrected chi connectivity index (χ4v) is 1.93. The fraction of sp³-hybridized carbons (Fsp3) is 0.222. The SMILES string of the molecule is C.Cc1nc2ccc(N)cc2s1. The van der Waals surface area contributed by atoms with Crippen molar-refractivity contribution in [1.29, 1.82) is 0 Å². The summed E-state index contributed by atoms with van der Waals surface area (Å²) < 4.78 is 1.17. The van der Waals surface area contributed by atoms with Crippen molar-refractivity contribution in [3.63, 3.8) is 0 Å². The molecule has 0 aliphatic rings. The number of benzene rings is 1. The molecule has 0 saturated heterocycles. The maximum Gasteiger partial charge on any atom is 0.0907 e. The van der Waals surface area contributed by atoms with Crippen LogP contribution in [0, 0.1) is 6.92 Å². The van der Waals surface area contributed by atoms with Crippen LogP contribution in [0.2, 0.25) is 0 Å². The molecule has 0 spiro atoms. The van der Waals surface area contributed by atoms with Gasteiger partial charge in [0.2, 0.25) is 0 Å². The van der Waals surface area contributed by atoms with E-state index in [2.05, 4.69) is 4.98 Å². The topological polar surface area (TPSA) is 38.9 Å². The molecule has 2 rings (SSSR count). The highest BCUT2D eigenvalue weighted by molar-refractivity contribution is 7.18. The Balaban J connectivity index is 0.000000720. The zero-order chi connectivity index (χ0) is 7.84. The first-order valence-corrected chi connectivity index (χ1v) is 4.20. The van der Waals surface area contributed by atoms with Crippen LogP contribution in [-0.2, 0) is 0 Å². The summed E-state index contributed by atoms with van der Waals surface area (Å²) in [6.45, 7) is 2.00. The van der Waals surface area contributed by atoms with E-state index in [0.29, 0.717) is 0 Å². The number of aryl methyl sites for hydroxylation is 1. The number of hydrogen-bond acceptors (Lipinski definition) is 3. The Kier molecular flexibility index (Phi) is 2.33. The number of fused-ring (bicyclic) bond motifs is 1. The van der Waals surface area contributed by atoms with Crippen molar-refractivity contribution < 1.29 is 0 Å². The van der Waals surface area contributed by atoms with Crippen LogP contribution in [0.4, 0.5) is 5.69 Å². The van der Waals surface area contributed by atoms with Gasteiger partial charge in [-0.15, -0.1) is 11.3 Å². The molecule has 64 valence electrons. The number of anilines is 1. The van der Waals surface area contributed by atoms with Crippen LogP contribution >= 0.6 is 11.3 Å². The molecule has 3 heteroatoms. The molecule has 12 heavy (non-hydrogen) atoms. The van der Waals surface area contributed by atoms with E-state index >= 15 is 0 Å². The van der Waals surface area contributed by atoms with Crippen molar-refractivity contribution in [2.24, 2.45) is 0 Å². The average molecular weight is 180 g/mol. The van der Waals surface area contributed by atoms with E-state index in [4.69, 9.17) is 5.73 Å². The van der Waals surface area contributed by atoms with E-state index in [-0.39, 0.29) is 7.43 Å². The first-order valence-electron chi connectivity index (χ1n) is 3.38. The number of nitrogen functional groups attached to an aromatic ring is 1. The smallest absolute Gasteiger partial charge is 0.0907 e. The highest BCUT2D eigenvalue weighted by atomic mass is 32.1. The van der Waals surface area contributed by atoms with Crippen LogP contribution in [0.25, 0.3) is 10.2 Å². The molecule has 0 aliphatic carbocycles. The molecule has 2 nitrogen and oxygen atoms in total. The molecular formula is C9H12N2S. The highest BCUT2D eigenvalue weighted by Gasteiger charge is 1.98. The molecule has 2 N–H and O–H groups in total. The van der Waals surface area contributed by atoms with Gasteiger partial charge in [-0.2, -0.15) is 0 Å². The summed E-state index contributed by atoms with van der Waals surface area (Å²) in [7, 11) is 0. The molecule has 0 amide bonds. The van der Waals surface area contributed by atoms with Crippen molar-refractivity contribution in [3.8, 4) is 0 Å². The second kappa shape index (κ2) is 3.11. The fourth-order valence-electron chi connectivity index (χ4n) is 1.06. The largest absolute Gasteiger partial charge is 0.399 e. The maximum absolute atomic E-state index is 5.61. The van der Waals surface area contributed by atoms with E-state index in [0.717, 1.165) is 16.2 Å². The summed E-state index contributed by atoms with van der Waals surface area (Å²) in [5.41, 5.74) is 7.46. The average Bonchev–Trinajstić information content (AvgIpc) is 2.27. The minimum atomic E-state index is 0. The quantitative estimate of drug-likeness (QED) is 0.633. The van der Waals surface area contributed by atoms with Crippen molar-refractivity contribution in [3.05, 3.63) is 23.2 Å². The number of rotatable bonds is 0. The molecule has 1 aromatic carbocycles. The Hall–Kier alpha value is -1.09. The van der Waals surface area contributed by atoms with Gasteiger partial charge in [-0.3, -0.25) is 0 Å². The van der Waals surface area contributed by atoms with Gasteiger partial charge in [-0.25, -0.2) is 4.98 Å². The molecule has 1 aromatic heterocycles. The number of nitrogens with two attached hydrogens (primary N) is 1. The lowest BCUT2D eigenvalue weighted by Gasteiger charge is -1.89. The first kappa shape index (κ1) is 9.00. The van der Waals surface area contributed by atoms with Gasteiger partial charge in [0.1, 0.15) is 0 Å². The lowest BCUT2D eigenvalue weighted by molar-refractivity contribution is 1.35. The normalized spacial score (nSPS) is 9.75. The van der Waals surface area contributed by atoms with Crippen molar-refractivity contribution in [2.45, 2.75) is 14.4 Å². The van der Waals surface area contributed by atoms with Gasteiger partial charge in [0.15, 0.2) is 0 Å². The third kappa shape index (κ3) is 1.41. The molecule has 2 aromatic rings. The molecule has 0 atom stereocenters. The standard InChI is InChI=1S/C8H8N2S.CH4/c1-5-10-7-3-2-6(9)4-8(7)11-5;/h2-4H,9H2,1H3;1H4. The second-order valence-corrected chi connectivity index (χ2v) is 3.69. The van der Waals surface area contributed by atoms with E-state index < -0.39 is 0 Å². The molecule has 0 saturated carbocycles. The highest BCUT2D eigenvalue weighted by Crippen LogP contribution is 2.22. The predicted molar refractivity (Wildman–Crippen MR) is 55.5 cm³/mol. The van der Waals surface area contributed by atoms with Gasteiger partial charge >= 0.3 is 0 Å². The Bertz CT molecular complexity index is 392. The second-order valence-electron chi connectivity index (χ2n) is 2.46. The Morgan fingerprint density at radius 2 is 2.17 bits per heavy atom. The number of aromatic nitrogens is 1. The molecule has 1 heterocycles. The van der Waals surface area contributed by atoms with E-state index in [1.165, 1.54) is 4.70 Å². The van der Waals surface area contributed by atoms with Gasteiger partial charge < -0.3 is 5.73 Å². The Morgan fingerprint density at radius 3 is 2.92 bits per heavy atom. The zero-order valence-electron chi connectivity index (χ0n) is 6.16. The van der Waals surface area contributed by atoms with Crippen LogP contribution in [0.5, 0.6) is 0 Å². The molecule has 0 radical (unpaired) electrons. The Labute approximate surface area is 76.0 Å². The minimum Gasteiger partial charge on any atom is -0.399 e. The van der Waals surface area contributed by atoms with Gasteiger partial charge in [-0.1, -0.05) is 7.43 Å². The lowest BCUT2D eigenvalue weighted by Crippen LogP contribution is -1.81. The maximum atomic E-state index is 5.61. The van der Waals surface area contributed by atoms with Crippen molar-refractivity contribution in [1.82, 2.24) is 4.98 Å². The minimum absolute atomic E-state index is 0. The lowest BCUT2D eigenvalue weighted by atomic mass is 10.3. The number of hydrogen-bond donors (Lipinski definition) is 1. The van der Waals surface area contributed by atoms with Crippen LogP contribution in [0.15, 0.2) is 18.2 Å². The summed E-state index contributed by atoms with van der Waals surface area (Å²) in [5, 5.41) is 1.09. The van der Waals surface area contributed by atoms with Gasteiger partial charge in [0.05, 0.1) is 15.2 Å². The van der Waals surface area contributed by atoms with Gasteiger partial charge in [0, 0.05) is 5.69 Å². The van der Waals surface area contributed by atoms with E-state index in [9.17, 15) is 0 Å².